The van der Waals surface area contributed by atoms with Crippen LogP contribution in [0.4, 0.5) is 4.39 Å². The number of para-hydroxylation sites is 1. The maximum absolute atomic E-state index is 13.9. The van der Waals surface area contributed by atoms with Gasteiger partial charge in [0.05, 0.1) is 25.7 Å². The third-order valence-corrected chi connectivity index (χ3v) is 5.24. The Morgan fingerprint density at radius 1 is 1.06 bits per heavy atom. The standard InChI is InChI=1S/C25H19FN2O5/c1-30-20-9-5-7-17(23(20)31-2)22-16-11-10-14(12-21(16)33-24(28)18(22)13-27)32-25(29)15-6-3-4-8-19(15)26/h3-12,22H,28H2,1-2H3. The molecule has 1 heterocycles. The lowest BCUT2D eigenvalue weighted by atomic mass is 9.83. The predicted octanol–water partition coefficient (Wildman–Crippen LogP) is 4.28. The molecular formula is C25H19FN2O5. The van der Waals surface area contributed by atoms with Crippen LogP contribution in [0.1, 0.15) is 27.4 Å². The quantitative estimate of drug-likeness (QED) is 0.461. The molecule has 1 aliphatic rings. The molecule has 0 bridgehead atoms. The molecule has 7 nitrogen and oxygen atoms in total. The van der Waals surface area contributed by atoms with Gasteiger partial charge in [0.25, 0.3) is 0 Å². The maximum atomic E-state index is 13.9. The average molecular weight is 446 g/mol. The van der Waals surface area contributed by atoms with Gasteiger partial charge in [-0.2, -0.15) is 5.26 Å². The molecule has 8 heteroatoms. The van der Waals surface area contributed by atoms with E-state index >= 15 is 0 Å². The van der Waals surface area contributed by atoms with Crippen LogP contribution < -0.4 is 24.7 Å². The molecule has 0 saturated heterocycles. The second-order valence-corrected chi connectivity index (χ2v) is 7.08. The number of carbonyl (C=O) groups excluding carboxylic acids is 1. The van der Waals surface area contributed by atoms with Gasteiger partial charge < -0.3 is 24.7 Å². The highest BCUT2D eigenvalue weighted by Gasteiger charge is 2.33. The minimum absolute atomic E-state index is 0.0857. The fraction of sp³-hybridized carbons (Fsp3) is 0.120. The number of benzene rings is 3. The predicted molar refractivity (Wildman–Crippen MR) is 117 cm³/mol. The summed E-state index contributed by atoms with van der Waals surface area (Å²) in [7, 11) is 3.02. The lowest BCUT2D eigenvalue weighted by molar-refractivity contribution is 0.0729. The van der Waals surface area contributed by atoms with Crippen molar-refractivity contribution in [2.75, 3.05) is 14.2 Å². The number of nitrogens with two attached hydrogens (primary N) is 1. The maximum Gasteiger partial charge on any atom is 0.346 e. The topological polar surface area (TPSA) is 104 Å². The summed E-state index contributed by atoms with van der Waals surface area (Å²) >= 11 is 0. The smallest absolute Gasteiger partial charge is 0.346 e. The summed E-state index contributed by atoms with van der Waals surface area (Å²) in [6, 6.07) is 17.6. The lowest BCUT2D eigenvalue weighted by Gasteiger charge is -2.28. The van der Waals surface area contributed by atoms with E-state index in [1.165, 1.54) is 50.6 Å². The van der Waals surface area contributed by atoms with Gasteiger partial charge in [0, 0.05) is 17.2 Å². The number of rotatable bonds is 5. The number of fused-ring (bicyclic) bond motifs is 1. The van der Waals surface area contributed by atoms with Crippen LogP contribution in [0.25, 0.3) is 0 Å². The number of esters is 1. The number of nitriles is 1. The van der Waals surface area contributed by atoms with Gasteiger partial charge in [-0.15, -0.1) is 0 Å². The van der Waals surface area contributed by atoms with Crippen molar-refractivity contribution in [3.05, 3.63) is 94.6 Å². The number of hydrogen-bond donors (Lipinski definition) is 1. The summed E-state index contributed by atoms with van der Waals surface area (Å²) in [5.74, 6) is -0.865. The Balaban J connectivity index is 1.76. The third kappa shape index (κ3) is 3.92. The molecular weight excluding hydrogens is 427 g/mol. The van der Waals surface area contributed by atoms with Crippen molar-refractivity contribution in [1.82, 2.24) is 0 Å². The van der Waals surface area contributed by atoms with Crippen molar-refractivity contribution in [2.24, 2.45) is 5.73 Å². The molecule has 1 unspecified atom stereocenters. The van der Waals surface area contributed by atoms with Crippen LogP contribution in [-0.4, -0.2) is 20.2 Å². The summed E-state index contributed by atoms with van der Waals surface area (Å²) < 4.78 is 35.9. The number of ether oxygens (including phenoxy) is 4. The van der Waals surface area contributed by atoms with Crippen molar-refractivity contribution >= 4 is 5.97 Å². The first-order chi connectivity index (χ1) is 16.0. The number of nitrogens with zero attached hydrogens (tertiary/aromatic N) is 1. The van der Waals surface area contributed by atoms with Crippen LogP contribution in [0.3, 0.4) is 0 Å². The van der Waals surface area contributed by atoms with Crippen LogP contribution in [0.2, 0.25) is 0 Å². The Bertz CT molecular complexity index is 1310. The van der Waals surface area contributed by atoms with Gasteiger partial charge in [-0.3, -0.25) is 0 Å². The van der Waals surface area contributed by atoms with Gasteiger partial charge in [0.15, 0.2) is 11.5 Å². The van der Waals surface area contributed by atoms with Gasteiger partial charge in [-0.05, 0) is 24.3 Å². The summed E-state index contributed by atoms with van der Waals surface area (Å²) in [6.07, 6.45) is 0. The average Bonchev–Trinajstić information content (AvgIpc) is 2.82. The fourth-order valence-electron chi connectivity index (χ4n) is 3.75. The number of carbonyl (C=O) groups is 1. The van der Waals surface area contributed by atoms with Crippen molar-refractivity contribution in [1.29, 1.82) is 5.26 Å². The van der Waals surface area contributed by atoms with E-state index in [4.69, 9.17) is 24.7 Å². The fourth-order valence-corrected chi connectivity index (χ4v) is 3.75. The molecule has 2 N–H and O–H groups in total. The molecule has 0 aromatic heterocycles. The van der Waals surface area contributed by atoms with E-state index in [2.05, 4.69) is 6.07 Å². The molecule has 0 spiro atoms. The van der Waals surface area contributed by atoms with E-state index in [1.807, 2.05) is 0 Å². The van der Waals surface area contributed by atoms with Crippen LogP contribution in [0.15, 0.2) is 72.1 Å². The number of methoxy groups -OCH3 is 2. The zero-order valence-corrected chi connectivity index (χ0v) is 17.8. The van der Waals surface area contributed by atoms with E-state index in [1.54, 1.807) is 24.3 Å². The highest BCUT2D eigenvalue weighted by Crippen LogP contribution is 2.47. The van der Waals surface area contributed by atoms with Crippen molar-refractivity contribution < 1.29 is 28.1 Å². The monoisotopic (exact) mass is 446 g/mol. The van der Waals surface area contributed by atoms with Gasteiger partial charge in [0.1, 0.15) is 29.0 Å². The summed E-state index contributed by atoms with van der Waals surface area (Å²) in [5.41, 5.74) is 7.33. The van der Waals surface area contributed by atoms with Crippen LogP contribution in [0, 0.1) is 17.1 Å². The number of allylic oxidation sites excluding steroid dienone is 1. The number of hydrogen-bond acceptors (Lipinski definition) is 7. The van der Waals surface area contributed by atoms with Crippen LogP contribution >= 0.6 is 0 Å². The SMILES string of the molecule is COc1cccc(C2C(C#N)=C(N)Oc3cc(OC(=O)c4ccccc4F)ccc32)c1OC. The van der Waals surface area contributed by atoms with E-state index in [0.29, 0.717) is 28.4 Å². The Hall–Kier alpha value is -4.51. The Labute approximate surface area is 189 Å². The molecule has 33 heavy (non-hydrogen) atoms. The molecule has 0 saturated carbocycles. The van der Waals surface area contributed by atoms with Crippen LogP contribution in [-0.2, 0) is 0 Å². The van der Waals surface area contributed by atoms with Crippen molar-refractivity contribution in [2.45, 2.75) is 5.92 Å². The van der Waals surface area contributed by atoms with E-state index in [-0.39, 0.29) is 22.8 Å². The zero-order valence-electron chi connectivity index (χ0n) is 17.8. The Morgan fingerprint density at radius 2 is 1.85 bits per heavy atom. The molecule has 0 fully saturated rings. The first-order valence-corrected chi connectivity index (χ1v) is 9.87. The van der Waals surface area contributed by atoms with Crippen molar-refractivity contribution in [3.63, 3.8) is 0 Å². The third-order valence-electron chi connectivity index (χ3n) is 5.24. The minimum atomic E-state index is -0.851. The van der Waals surface area contributed by atoms with Gasteiger partial charge in [0.2, 0.25) is 5.88 Å². The summed E-state index contributed by atoms with van der Waals surface area (Å²) in [5, 5.41) is 9.79. The largest absolute Gasteiger partial charge is 0.493 e. The number of halogens is 1. The van der Waals surface area contributed by atoms with E-state index < -0.39 is 17.7 Å². The van der Waals surface area contributed by atoms with Gasteiger partial charge in [-0.25, -0.2) is 9.18 Å². The first-order valence-electron chi connectivity index (χ1n) is 9.87. The molecule has 3 aromatic rings. The summed E-state index contributed by atoms with van der Waals surface area (Å²) in [4.78, 5) is 12.4. The second kappa shape index (κ2) is 8.93. The highest BCUT2D eigenvalue weighted by molar-refractivity contribution is 5.91. The highest BCUT2D eigenvalue weighted by atomic mass is 19.1. The van der Waals surface area contributed by atoms with Gasteiger partial charge in [-0.1, -0.05) is 30.3 Å². The van der Waals surface area contributed by atoms with Gasteiger partial charge >= 0.3 is 5.97 Å². The Kier molecular flexibility index (Phi) is 5.87. The molecule has 4 rings (SSSR count). The Morgan fingerprint density at radius 3 is 2.55 bits per heavy atom. The molecule has 0 amide bonds. The molecule has 0 radical (unpaired) electrons. The minimum Gasteiger partial charge on any atom is -0.493 e. The second-order valence-electron chi connectivity index (χ2n) is 7.08. The van der Waals surface area contributed by atoms with E-state index in [0.717, 1.165) is 0 Å². The van der Waals surface area contributed by atoms with Crippen LogP contribution in [0.5, 0.6) is 23.0 Å². The zero-order chi connectivity index (χ0) is 23.5. The molecule has 1 aliphatic heterocycles. The lowest BCUT2D eigenvalue weighted by Crippen LogP contribution is -2.21. The van der Waals surface area contributed by atoms with E-state index in [9.17, 15) is 14.4 Å². The first kappa shape index (κ1) is 21.7. The molecule has 3 aromatic carbocycles. The molecule has 0 aliphatic carbocycles. The summed E-state index contributed by atoms with van der Waals surface area (Å²) in [6.45, 7) is 0. The normalized spacial score (nSPS) is 14.5. The molecule has 166 valence electrons. The molecule has 1 atom stereocenters. The van der Waals surface area contributed by atoms with Crippen molar-refractivity contribution in [3.8, 4) is 29.1 Å².